The number of nitrogens with one attached hydrogen (secondary N) is 1. The van der Waals surface area contributed by atoms with Gasteiger partial charge in [-0.05, 0) is 42.8 Å². The van der Waals surface area contributed by atoms with Gasteiger partial charge < -0.3 is 19.5 Å². The van der Waals surface area contributed by atoms with E-state index >= 15 is 0 Å². The van der Waals surface area contributed by atoms with Crippen LogP contribution in [0.2, 0.25) is 0 Å². The van der Waals surface area contributed by atoms with Crippen molar-refractivity contribution in [1.29, 1.82) is 0 Å². The highest BCUT2D eigenvalue weighted by molar-refractivity contribution is 5.95. The Balaban J connectivity index is 1.93. The van der Waals surface area contributed by atoms with Gasteiger partial charge in [-0.2, -0.15) is 0 Å². The van der Waals surface area contributed by atoms with Crippen LogP contribution in [-0.4, -0.2) is 49.3 Å². The normalized spacial score (nSPS) is 10.3. The van der Waals surface area contributed by atoms with Gasteiger partial charge in [0.25, 0.3) is 5.91 Å². The highest BCUT2D eigenvalue weighted by Crippen LogP contribution is 2.16. The molecule has 128 valence electrons. The predicted molar refractivity (Wildman–Crippen MR) is 92.9 cm³/mol. The molecule has 6 nitrogen and oxygen atoms in total. The van der Waals surface area contributed by atoms with Crippen LogP contribution in [0.3, 0.4) is 0 Å². The summed E-state index contributed by atoms with van der Waals surface area (Å²) < 4.78 is 5.24. The number of amides is 2. The molecule has 1 N–H and O–H groups in total. The average Bonchev–Trinajstić information content (AvgIpc) is 3.04. The summed E-state index contributed by atoms with van der Waals surface area (Å²) in [5.41, 5.74) is 2.34. The summed E-state index contributed by atoms with van der Waals surface area (Å²) in [6, 6.07) is 9.09. The lowest BCUT2D eigenvalue weighted by atomic mass is 10.1. The van der Waals surface area contributed by atoms with Crippen molar-refractivity contribution in [2.24, 2.45) is 0 Å². The molecule has 1 aromatic heterocycles. The van der Waals surface area contributed by atoms with Crippen molar-refractivity contribution in [3.63, 3.8) is 0 Å². The van der Waals surface area contributed by atoms with Gasteiger partial charge in [0.15, 0.2) is 0 Å². The van der Waals surface area contributed by atoms with Crippen molar-refractivity contribution in [1.82, 2.24) is 9.80 Å². The highest BCUT2D eigenvalue weighted by atomic mass is 16.3. The topological polar surface area (TPSA) is 65.8 Å². The summed E-state index contributed by atoms with van der Waals surface area (Å²) in [4.78, 5) is 27.3. The summed E-state index contributed by atoms with van der Waals surface area (Å²) in [6.07, 6.45) is 1.59. The van der Waals surface area contributed by atoms with Gasteiger partial charge in [0, 0.05) is 32.4 Å². The molecule has 0 saturated carbocycles. The molecule has 0 saturated heterocycles. The van der Waals surface area contributed by atoms with Crippen LogP contribution in [-0.2, 0) is 11.3 Å². The van der Waals surface area contributed by atoms with Crippen LogP contribution in [0.25, 0.3) is 0 Å². The van der Waals surface area contributed by atoms with Gasteiger partial charge in [-0.15, -0.1) is 0 Å². The van der Waals surface area contributed by atoms with Crippen molar-refractivity contribution in [2.75, 3.05) is 33.0 Å². The Morgan fingerprint density at radius 3 is 2.50 bits per heavy atom. The Hall–Kier alpha value is -2.76. The van der Waals surface area contributed by atoms with E-state index in [1.807, 2.05) is 25.1 Å². The average molecular weight is 329 g/mol. The maximum Gasteiger partial charge on any atom is 0.253 e. The van der Waals surface area contributed by atoms with Gasteiger partial charge >= 0.3 is 0 Å². The first kappa shape index (κ1) is 17.6. The zero-order chi connectivity index (χ0) is 17.7. The van der Waals surface area contributed by atoms with Gasteiger partial charge in [0.2, 0.25) is 5.91 Å². The molecule has 0 spiro atoms. The predicted octanol–water partition coefficient (Wildman–Crippen LogP) is 2.36. The van der Waals surface area contributed by atoms with E-state index in [0.717, 1.165) is 17.0 Å². The molecule has 0 atom stereocenters. The van der Waals surface area contributed by atoms with Crippen molar-refractivity contribution < 1.29 is 14.0 Å². The molecule has 0 unspecified atom stereocenters. The number of nitrogens with zero attached hydrogens (tertiary/aromatic N) is 2. The van der Waals surface area contributed by atoms with Crippen molar-refractivity contribution in [2.45, 2.75) is 13.5 Å². The third kappa shape index (κ3) is 4.38. The van der Waals surface area contributed by atoms with E-state index in [9.17, 15) is 9.59 Å². The standard InChI is InChI=1S/C18H23N3O3/c1-13-10-14(7-8-16(13)18(23)20(2)3)19-11-17(22)21(4)12-15-6-5-9-24-15/h5-10,19H,11-12H2,1-4H3. The minimum atomic E-state index is -0.0440. The van der Waals surface area contributed by atoms with Crippen LogP contribution in [0, 0.1) is 6.92 Å². The number of carbonyl (C=O) groups is 2. The summed E-state index contributed by atoms with van der Waals surface area (Å²) in [7, 11) is 5.18. The van der Waals surface area contributed by atoms with Crippen LogP contribution < -0.4 is 5.32 Å². The Kier molecular flexibility index (Phi) is 5.63. The number of anilines is 1. The van der Waals surface area contributed by atoms with E-state index in [1.165, 1.54) is 0 Å². The SMILES string of the molecule is Cc1cc(NCC(=O)N(C)Cc2ccco2)ccc1C(=O)N(C)C. The Morgan fingerprint density at radius 1 is 1.17 bits per heavy atom. The lowest BCUT2D eigenvalue weighted by Gasteiger charge is -2.17. The zero-order valence-corrected chi connectivity index (χ0v) is 14.5. The van der Waals surface area contributed by atoms with Gasteiger partial charge in [-0.1, -0.05) is 0 Å². The van der Waals surface area contributed by atoms with E-state index in [2.05, 4.69) is 5.32 Å². The zero-order valence-electron chi connectivity index (χ0n) is 14.5. The largest absolute Gasteiger partial charge is 0.467 e. The van der Waals surface area contributed by atoms with Gasteiger partial charge in [-0.25, -0.2) is 0 Å². The summed E-state index contributed by atoms with van der Waals surface area (Å²) in [6.45, 7) is 2.49. The molecule has 24 heavy (non-hydrogen) atoms. The molecule has 0 aliphatic carbocycles. The third-order valence-corrected chi connectivity index (χ3v) is 3.71. The fourth-order valence-electron chi connectivity index (χ4n) is 2.29. The number of hydrogen-bond acceptors (Lipinski definition) is 4. The fourth-order valence-corrected chi connectivity index (χ4v) is 2.29. The van der Waals surface area contributed by atoms with Gasteiger partial charge in [0.05, 0.1) is 19.4 Å². The molecule has 0 radical (unpaired) electrons. The molecular weight excluding hydrogens is 306 g/mol. The van der Waals surface area contributed by atoms with Gasteiger partial charge in [-0.3, -0.25) is 9.59 Å². The quantitative estimate of drug-likeness (QED) is 0.883. The van der Waals surface area contributed by atoms with Crippen LogP contribution in [0.15, 0.2) is 41.0 Å². The van der Waals surface area contributed by atoms with Gasteiger partial charge in [0.1, 0.15) is 5.76 Å². The monoisotopic (exact) mass is 329 g/mol. The number of furan rings is 1. The highest BCUT2D eigenvalue weighted by Gasteiger charge is 2.13. The number of carbonyl (C=O) groups excluding carboxylic acids is 2. The van der Waals surface area contributed by atoms with Crippen LogP contribution in [0.4, 0.5) is 5.69 Å². The lowest BCUT2D eigenvalue weighted by molar-refractivity contribution is -0.128. The van der Waals surface area contributed by atoms with Crippen molar-refractivity contribution in [3.05, 3.63) is 53.5 Å². The van der Waals surface area contributed by atoms with E-state index in [4.69, 9.17) is 4.42 Å². The maximum absolute atomic E-state index is 12.2. The Morgan fingerprint density at radius 2 is 1.92 bits per heavy atom. The first-order valence-electron chi connectivity index (χ1n) is 7.71. The molecule has 6 heteroatoms. The van der Waals surface area contributed by atoms with Crippen LogP contribution in [0.1, 0.15) is 21.7 Å². The third-order valence-electron chi connectivity index (χ3n) is 3.71. The molecule has 2 rings (SSSR count). The summed E-state index contributed by atoms with van der Waals surface area (Å²) in [5, 5.41) is 3.09. The van der Waals surface area contributed by atoms with Crippen molar-refractivity contribution in [3.8, 4) is 0 Å². The smallest absolute Gasteiger partial charge is 0.253 e. The summed E-state index contributed by atoms with van der Waals surface area (Å²) >= 11 is 0. The van der Waals surface area contributed by atoms with Crippen LogP contribution >= 0.6 is 0 Å². The number of hydrogen-bond donors (Lipinski definition) is 1. The second-order valence-electron chi connectivity index (χ2n) is 5.91. The fraction of sp³-hybridized carbons (Fsp3) is 0.333. The molecule has 1 heterocycles. The number of benzene rings is 1. The molecule has 2 aromatic rings. The van der Waals surface area contributed by atoms with E-state index < -0.39 is 0 Å². The van der Waals surface area contributed by atoms with E-state index in [-0.39, 0.29) is 18.4 Å². The molecule has 0 fully saturated rings. The minimum absolute atomic E-state index is 0.0340. The first-order chi connectivity index (χ1) is 11.4. The number of likely N-dealkylation sites (N-methyl/N-ethyl adjacent to an activating group) is 1. The Labute approximate surface area is 142 Å². The van der Waals surface area contributed by atoms with E-state index in [0.29, 0.717) is 12.1 Å². The molecular formula is C18H23N3O3. The molecule has 2 amide bonds. The molecule has 0 aliphatic rings. The maximum atomic E-state index is 12.2. The minimum Gasteiger partial charge on any atom is -0.467 e. The second kappa shape index (κ2) is 7.68. The second-order valence-corrected chi connectivity index (χ2v) is 5.91. The lowest BCUT2D eigenvalue weighted by Crippen LogP contribution is -2.31. The molecule has 0 aliphatic heterocycles. The molecule has 0 bridgehead atoms. The number of aryl methyl sites for hydroxylation is 1. The van der Waals surface area contributed by atoms with Crippen molar-refractivity contribution >= 4 is 17.5 Å². The first-order valence-corrected chi connectivity index (χ1v) is 7.71. The number of rotatable bonds is 6. The molecule has 1 aromatic carbocycles. The van der Waals surface area contributed by atoms with Crippen LogP contribution in [0.5, 0.6) is 0 Å². The van der Waals surface area contributed by atoms with E-state index in [1.54, 1.807) is 49.3 Å². The Bertz CT molecular complexity index is 708. The summed E-state index contributed by atoms with van der Waals surface area (Å²) in [5.74, 6) is 0.666.